The minimum absolute atomic E-state index is 0.0212. The maximum Gasteiger partial charge on any atom is 0.356 e. The van der Waals surface area contributed by atoms with Crippen molar-refractivity contribution in [1.29, 1.82) is 0 Å². The molecule has 3 N–H and O–H groups in total. The monoisotopic (exact) mass is 575 g/mol. The highest BCUT2D eigenvalue weighted by Crippen LogP contribution is 2.38. The highest BCUT2D eigenvalue weighted by molar-refractivity contribution is 8.07. The van der Waals surface area contributed by atoms with E-state index in [9.17, 15) is 27.9 Å². The Morgan fingerprint density at radius 2 is 1.74 bits per heavy atom. The molecule has 1 unspecified atom stereocenters. The number of amides is 2. The van der Waals surface area contributed by atoms with Gasteiger partial charge in [0.25, 0.3) is 5.91 Å². The first-order chi connectivity index (χ1) is 18.3. The molecule has 0 radical (unpaired) electrons. The first-order valence-electron chi connectivity index (χ1n) is 12.4. The van der Waals surface area contributed by atoms with E-state index in [1.165, 1.54) is 35.6 Å². The number of furan rings is 1. The maximum absolute atomic E-state index is 13.2. The lowest BCUT2D eigenvalue weighted by molar-refractivity contribution is -0.144. The number of hydrogen-bond acceptors (Lipinski definition) is 7. The lowest BCUT2D eigenvalue weighted by atomic mass is 10.00. The minimum Gasteiger partial charge on any atom is -0.480 e. The summed E-state index contributed by atoms with van der Waals surface area (Å²) in [5.74, 6) is -1.63. The van der Waals surface area contributed by atoms with Crippen LogP contribution in [-0.2, 0) is 27.8 Å². The summed E-state index contributed by atoms with van der Waals surface area (Å²) in [6, 6.07) is 10.9. The number of benzene rings is 1. The van der Waals surface area contributed by atoms with Gasteiger partial charge in [0.05, 0.1) is 6.26 Å². The molecular formula is C27H33N3O7S2. The molecule has 0 aliphatic heterocycles. The normalized spacial score (nSPS) is 12.4. The molecular weight excluding hydrogens is 542 g/mol. The van der Waals surface area contributed by atoms with Crippen molar-refractivity contribution in [3.63, 3.8) is 0 Å². The molecule has 0 spiro atoms. The van der Waals surface area contributed by atoms with E-state index in [0.717, 1.165) is 11.3 Å². The lowest BCUT2D eigenvalue weighted by Gasteiger charge is -2.31. The second-order valence-corrected chi connectivity index (χ2v) is 12.5. The van der Waals surface area contributed by atoms with Crippen LogP contribution < -0.4 is 10.0 Å². The van der Waals surface area contributed by atoms with E-state index in [-0.39, 0.29) is 18.2 Å². The summed E-state index contributed by atoms with van der Waals surface area (Å²) in [4.78, 5) is 39.3. The van der Waals surface area contributed by atoms with Crippen LogP contribution in [0, 0.1) is 11.8 Å². The molecule has 1 atom stereocenters. The van der Waals surface area contributed by atoms with E-state index in [0.29, 0.717) is 27.6 Å². The van der Waals surface area contributed by atoms with Crippen LogP contribution in [0.1, 0.15) is 48.7 Å². The molecule has 39 heavy (non-hydrogen) atoms. The van der Waals surface area contributed by atoms with Crippen LogP contribution in [0.5, 0.6) is 0 Å². The number of carboxylic acid groups (broad SMARTS) is 1. The van der Waals surface area contributed by atoms with Gasteiger partial charge in [0.15, 0.2) is 5.76 Å². The van der Waals surface area contributed by atoms with Gasteiger partial charge in [-0.25, -0.2) is 4.79 Å². The van der Waals surface area contributed by atoms with Crippen LogP contribution >= 0.6 is 11.3 Å². The molecule has 0 aliphatic carbocycles. The van der Waals surface area contributed by atoms with Gasteiger partial charge in [-0.05, 0) is 47.6 Å². The predicted octanol–water partition coefficient (Wildman–Crippen LogP) is 5.04. The number of nitrogens with one attached hydrogen (secondary N) is 2. The van der Waals surface area contributed by atoms with E-state index in [2.05, 4.69) is 23.9 Å². The van der Waals surface area contributed by atoms with Gasteiger partial charge in [0, 0.05) is 24.0 Å². The number of hydrogen-bond donors (Lipinski definition) is 3. The number of thiophene rings is 1. The van der Waals surface area contributed by atoms with Crippen LogP contribution in [-0.4, -0.2) is 48.6 Å². The highest BCUT2D eigenvalue weighted by atomic mass is 32.2. The van der Waals surface area contributed by atoms with Gasteiger partial charge >= 0.3 is 21.2 Å². The third-order valence-electron chi connectivity index (χ3n) is 5.90. The fourth-order valence-corrected chi connectivity index (χ4v) is 6.49. The standard InChI is InChI=1S/C27H33N3O7S2/c1-16(2)13-20-14-21(24(38-20)29-39(35,36)27(34)28-5)19-10-8-18(9-11-19)15-30(23(17(3)4)26(32)33)25(31)22-7-6-12-37-22/h6-12,14,16-17,23,29H,13,15H2,1-5H3,(H,28,34)(H,32,33). The van der Waals surface area contributed by atoms with Crippen molar-refractivity contribution in [3.05, 3.63) is 64.9 Å². The Bertz CT molecular complexity index is 1410. The summed E-state index contributed by atoms with van der Waals surface area (Å²) in [6.07, 6.45) is 2.09. The zero-order chi connectivity index (χ0) is 28.9. The van der Waals surface area contributed by atoms with Crippen molar-refractivity contribution in [2.45, 2.75) is 46.7 Å². The van der Waals surface area contributed by atoms with Crippen molar-refractivity contribution in [3.8, 4) is 11.1 Å². The molecule has 3 aromatic rings. The van der Waals surface area contributed by atoms with Crippen molar-refractivity contribution in [2.75, 3.05) is 11.8 Å². The Morgan fingerprint density at radius 1 is 1.08 bits per heavy atom. The van der Waals surface area contributed by atoms with Gasteiger partial charge in [-0.1, -0.05) is 52.0 Å². The summed E-state index contributed by atoms with van der Waals surface area (Å²) in [5.41, 5.74) is 1.99. The largest absolute Gasteiger partial charge is 0.480 e. The van der Waals surface area contributed by atoms with Gasteiger partial charge < -0.3 is 19.7 Å². The van der Waals surface area contributed by atoms with E-state index in [4.69, 9.17) is 4.42 Å². The van der Waals surface area contributed by atoms with Crippen molar-refractivity contribution in [1.82, 2.24) is 10.2 Å². The van der Waals surface area contributed by atoms with Crippen molar-refractivity contribution < 1.29 is 32.3 Å². The molecule has 10 nitrogen and oxygen atoms in total. The number of rotatable bonds is 11. The lowest BCUT2D eigenvalue weighted by Crippen LogP contribution is -2.47. The smallest absolute Gasteiger partial charge is 0.356 e. The van der Waals surface area contributed by atoms with Gasteiger partial charge in [-0.15, -0.1) is 11.3 Å². The average molecular weight is 576 g/mol. The molecule has 0 saturated heterocycles. The maximum atomic E-state index is 13.2. The molecule has 12 heteroatoms. The minimum atomic E-state index is -4.29. The molecule has 0 aliphatic rings. The number of sulfonamides is 1. The van der Waals surface area contributed by atoms with Gasteiger partial charge in [0.2, 0.25) is 0 Å². The number of carbonyl (C=O) groups excluding carboxylic acids is 2. The summed E-state index contributed by atoms with van der Waals surface area (Å²) in [6.45, 7) is 7.60. The molecule has 0 fully saturated rings. The number of nitrogens with zero attached hydrogens (tertiary/aromatic N) is 1. The van der Waals surface area contributed by atoms with E-state index < -0.39 is 33.2 Å². The first kappa shape index (κ1) is 29.9. The Hall–Kier alpha value is -3.64. The summed E-state index contributed by atoms with van der Waals surface area (Å²) in [7, 11) is -3.04. The molecule has 2 amide bonds. The van der Waals surface area contributed by atoms with Gasteiger partial charge in [-0.3, -0.25) is 14.3 Å². The third kappa shape index (κ3) is 7.27. The SMILES string of the molecule is CNC(=O)S(=O)(=O)Nc1sc(CC(C)C)cc1-c1ccc(CN(C(=O)c2ccco2)C(C(=O)O)C(C)C)cc1. The first-order valence-corrected chi connectivity index (χ1v) is 14.7. The van der Waals surface area contributed by atoms with Crippen LogP contribution in [0.15, 0.2) is 53.1 Å². The van der Waals surface area contributed by atoms with Crippen LogP contribution in [0.2, 0.25) is 0 Å². The Kier molecular flexibility index (Phi) is 9.57. The van der Waals surface area contributed by atoms with E-state index >= 15 is 0 Å². The zero-order valence-corrected chi connectivity index (χ0v) is 24.1. The molecule has 0 saturated carbocycles. The average Bonchev–Trinajstić information content (AvgIpc) is 3.52. The van der Waals surface area contributed by atoms with E-state index in [1.54, 1.807) is 44.2 Å². The van der Waals surface area contributed by atoms with Crippen LogP contribution in [0.4, 0.5) is 9.80 Å². The Balaban J connectivity index is 1.96. The van der Waals surface area contributed by atoms with Crippen LogP contribution in [0.25, 0.3) is 11.1 Å². The molecule has 0 bridgehead atoms. The highest BCUT2D eigenvalue weighted by Gasteiger charge is 2.34. The topological polar surface area (TPSA) is 146 Å². The number of anilines is 1. The summed E-state index contributed by atoms with van der Waals surface area (Å²) < 4.78 is 32.5. The van der Waals surface area contributed by atoms with Gasteiger partial charge in [-0.2, -0.15) is 8.42 Å². The number of carboxylic acids is 1. The second kappa shape index (κ2) is 12.5. The fourth-order valence-electron chi connectivity index (χ4n) is 4.14. The zero-order valence-electron chi connectivity index (χ0n) is 22.4. The molecule has 3 rings (SSSR count). The fraction of sp³-hybridized carbons (Fsp3) is 0.370. The van der Waals surface area contributed by atoms with E-state index in [1.807, 2.05) is 6.07 Å². The number of carbonyl (C=O) groups is 3. The summed E-state index contributed by atoms with van der Waals surface area (Å²) in [5, 5.41) is 11.2. The Morgan fingerprint density at radius 3 is 2.26 bits per heavy atom. The molecule has 1 aromatic carbocycles. The number of aliphatic carboxylic acids is 1. The van der Waals surface area contributed by atoms with Crippen LogP contribution in [0.3, 0.4) is 0 Å². The van der Waals surface area contributed by atoms with Crippen molar-refractivity contribution >= 4 is 43.5 Å². The quantitative estimate of drug-likeness (QED) is 0.290. The van der Waals surface area contributed by atoms with Gasteiger partial charge in [0.1, 0.15) is 11.0 Å². The molecule has 2 heterocycles. The van der Waals surface area contributed by atoms with Crippen molar-refractivity contribution in [2.24, 2.45) is 11.8 Å². The second-order valence-electron chi connectivity index (χ2n) is 9.83. The third-order valence-corrected chi connectivity index (χ3v) is 8.27. The summed E-state index contributed by atoms with van der Waals surface area (Å²) >= 11 is 1.27. The molecule has 2 aromatic heterocycles. The predicted molar refractivity (Wildman–Crippen MR) is 150 cm³/mol. The Labute approximate surface area is 232 Å². The molecule has 210 valence electrons.